The number of anilines is 2. The zero-order valence-corrected chi connectivity index (χ0v) is 11.2. The molecule has 0 saturated carbocycles. The van der Waals surface area contributed by atoms with Crippen molar-refractivity contribution < 1.29 is 9.59 Å². The predicted molar refractivity (Wildman–Crippen MR) is 74.9 cm³/mol. The van der Waals surface area contributed by atoms with E-state index < -0.39 is 0 Å². The molecule has 2 rings (SSSR count). The monoisotopic (exact) mass is 281 g/mol. The van der Waals surface area contributed by atoms with Crippen molar-refractivity contribution in [3.8, 4) is 0 Å². The van der Waals surface area contributed by atoms with Gasteiger partial charge in [0.15, 0.2) is 0 Å². The van der Waals surface area contributed by atoms with Crippen molar-refractivity contribution in [1.82, 2.24) is 4.90 Å². The number of nitrogens with zero attached hydrogens (tertiary/aromatic N) is 1. The van der Waals surface area contributed by atoms with Gasteiger partial charge in [-0.25, -0.2) is 0 Å². The molecule has 0 atom stereocenters. The summed E-state index contributed by atoms with van der Waals surface area (Å²) in [5, 5.41) is 3.19. The lowest BCUT2D eigenvalue weighted by Gasteiger charge is -2.15. The van der Waals surface area contributed by atoms with Crippen molar-refractivity contribution in [3.05, 3.63) is 23.2 Å². The number of carbonyl (C=O) groups is 2. The lowest BCUT2D eigenvalue weighted by molar-refractivity contribution is -0.128. The first-order valence-corrected chi connectivity index (χ1v) is 6.57. The Kier molecular flexibility index (Phi) is 4.27. The molecule has 1 heterocycles. The van der Waals surface area contributed by atoms with Crippen LogP contribution in [-0.4, -0.2) is 29.8 Å². The van der Waals surface area contributed by atoms with Crippen LogP contribution < -0.4 is 11.1 Å². The van der Waals surface area contributed by atoms with Crippen LogP contribution in [0.1, 0.15) is 19.3 Å². The fourth-order valence-electron chi connectivity index (χ4n) is 2.02. The minimum absolute atomic E-state index is 0.128. The van der Waals surface area contributed by atoms with Crippen molar-refractivity contribution in [2.24, 2.45) is 0 Å². The summed E-state index contributed by atoms with van der Waals surface area (Å²) in [5.74, 6) is -0.00930. The highest BCUT2D eigenvalue weighted by Crippen LogP contribution is 2.22. The van der Waals surface area contributed by atoms with Crippen LogP contribution in [-0.2, 0) is 9.59 Å². The third-order valence-corrected chi connectivity index (χ3v) is 3.40. The molecule has 0 spiro atoms. The van der Waals surface area contributed by atoms with E-state index in [9.17, 15) is 9.59 Å². The standard InChI is InChI=1S/C13H16ClN3O2/c14-10-4-3-9(8-11(10)15)16-12(18)5-7-17-6-1-2-13(17)19/h3-4,8H,1-2,5-7,15H2,(H,16,18). The third-order valence-electron chi connectivity index (χ3n) is 3.06. The highest BCUT2D eigenvalue weighted by atomic mass is 35.5. The topological polar surface area (TPSA) is 75.4 Å². The van der Waals surface area contributed by atoms with E-state index in [1.807, 2.05) is 0 Å². The van der Waals surface area contributed by atoms with E-state index >= 15 is 0 Å². The molecule has 6 heteroatoms. The molecule has 19 heavy (non-hydrogen) atoms. The fourth-order valence-corrected chi connectivity index (χ4v) is 2.14. The highest BCUT2D eigenvalue weighted by Gasteiger charge is 2.20. The molecule has 1 aromatic carbocycles. The summed E-state index contributed by atoms with van der Waals surface area (Å²) in [7, 11) is 0. The first-order valence-electron chi connectivity index (χ1n) is 6.19. The second kappa shape index (κ2) is 5.93. The average Bonchev–Trinajstić information content (AvgIpc) is 2.77. The highest BCUT2D eigenvalue weighted by molar-refractivity contribution is 6.33. The number of carbonyl (C=O) groups excluding carboxylic acids is 2. The van der Waals surface area contributed by atoms with Gasteiger partial charge in [-0.05, 0) is 24.6 Å². The molecule has 1 fully saturated rings. The Bertz CT molecular complexity index is 505. The van der Waals surface area contributed by atoms with Gasteiger partial charge < -0.3 is 16.0 Å². The molecular formula is C13H16ClN3O2. The molecule has 1 saturated heterocycles. The number of nitrogen functional groups attached to an aromatic ring is 1. The summed E-state index contributed by atoms with van der Waals surface area (Å²) in [6.07, 6.45) is 1.76. The van der Waals surface area contributed by atoms with Crippen LogP contribution in [0.5, 0.6) is 0 Å². The Morgan fingerprint density at radius 3 is 2.89 bits per heavy atom. The fraction of sp³-hybridized carbons (Fsp3) is 0.385. The van der Waals surface area contributed by atoms with Crippen molar-refractivity contribution in [3.63, 3.8) is 0 Å². The number of hydrogen-bond donors (Lipinski definition) is 2. The van der Waals surface area contributed by atoms with Gasteiger partial charge in [0, 0.05) is 31.6 Å². The normalized spacial score (nSPS) is 14.8. The Labute approximate surface area is 116 Å². The van der Waals surface area contributed by atoms with E-state index in [-0.39, 0.29) is 18.2 Å². The number of benzene rings is 1. The molecule has 0 aromatic heterocycles. The first kappa shape index (κ1) is 13.7. The summed E-state index contributed by atoms with van der Waals surface area (Å²) in [5.41, 5.74) is 6.69. The third kappa shape index (κ3) is 3.61. The Morgan fingerprint density at radius 2 is 2.26 bits per heavy atom. The molecule has 1 aliphatic rings. The van der Waals surface area contributed by atoms with Gasteiger partial charge in [-0.3, -0.25) is 9.59 Å². The van der Waals surface area contributed by atoms with Crippen LogP contribution in [0.25, 0.3) is 0 Å². The van der Waals surface area contributed by atoms with Gasteiger partial charge in [0.2, 0.25) is 11.8 Å². The zero-order chi connectivity index (χ0) is 13.8. The van der Waals surface area contributed by atoms with Crippen LogP contribution in [0.4, 0.5) is 11.4 Å². The van der Waals surface area contributed by atoms with Gasteiger partial charge in [-0.2, -0.15) is 0 Å². The number of amides is 2. The summed E-state index contributed by atoms with van der Waals surface area (Å²) in [6.45, 7) is 1.22. The largest absolute Gasteiger partial charge is 0.397 e. The van der Waals surface area contributed by atoms with Gasteiger partial charge in [-0.1, -0.05) is 11.6 Å². The van der Waals surface area contributed by atoms with E-state index in [1.165, 1.54) is 0 Å². The van der Waals surface area contributed by atoms with E-state index in [0.29, 0.717) is 29.4 Å². The molecule has 0 unspecified atom stereocenters. The SMILES string of the molecule is Nc1cc(NC(=O)CCN2CCCC2=O)ccc1Cl. The second-order valence-electron chi connectivity index (χ2n) is 4.52. The smallest absolute Gasteiger partial charge is 0.226 e. The van der Waals surface area contributed by atoms with Crippen LogP contribution in [0.2, 0.25) is 5.02 Å². The van der Waals surface area contributed by atoms with Gasteiger partial charge in [-0.15, -0.1) is 0 Å². The van der Waals surface area contributed by atoms with Gasteiger partial charge in [0.1, 0.15) is 0 Å². The minimum atomic E-state index is -0.138. The summed E-state index contributed by atoms with van der Waals surface area (Å²) < 4.78 is 0. The van der Waals surface area contributed by atoms with Gasteiger partial charge >= 0.3 is 0 Å². The Balaban J connectivity index is 1.83. The number of nitrogens with one attached hydrogen (secondary N) is 1. The van der Waals surface area contributed by atoms with Gasteiger partial charge in [0.05, 0.1) is 10.7 Å². The minimum Gasteiger partial charge on any atom is -0.397 e. The molecule has 0 aliphatic carbocycles. The van der Waals surface area contributed by atoms with E-state index in [0.717, 1.165) is 13.0 Å². The van der Waals surface area contributed by atoms with E-state index in [2.05, 4.69) is 5.32 Å². The molecular weight excluding hydrogens is 266 g/mol. The Morgan fingerprint density at radius 1 is 1.47 bits per heavy atom. The lowest BCUT2D eigenvalue weighted by atomic mass is 10.2. The average molecular weight is 282 g/mol. The van der Waals surface area contributed by atoms with Crippen molar-refractivity contribution in [1.29, 1.82) is 0 Å². The van der Waals surface area contributed by atoms with Crippen molar-refractivity contribution >= 4 is 34.8 Å². The number of nitrogens with two attached hydrogens (primary N) is 1. The van der Waals surface area contributed by atoms with E-state index in [4.69, 9.17) is 17.3 Å². The Hall–Kier alpha value is -1.75. The molecule has 3 N–H and O–H groups in total. The zero-order valence-electron chi connectivity index (χ0n) is 10.5. The molecule has 1 aromatic rings. The molecule has 0 bridgehead atoms. The maximum atomic E-state index is 11.7. The number of halogens is 1. The van der Waals surface area contributed by atoms with Crippen LogP contribution in [0, 0.1) is 0 Å². The molecule has 2 amide bonds. The summed E-state index contributed by atoms with van der Waals surface area (Å²) in [6, 6.07) is 4.94. The maximum absolute atomic E-state index is 11.7. The van der Waals surface area contributed by atoms with E-state index in [1.54, 1.807) is 23.1 Å². The van der Waals surface area contributed by atoms with Crippen molar-refractivity contribution in [2.75, 3.05) is 24.1 Å². The number of rotatable bonds is 4. The molecule has 5 nitrogen and oxygen atoms in total. The summed E-state index contributed by atoms with van der Waals surface area (Å²) >= 11 is 5.80. The van der Waals surface area contributed by atoms with Crippen LogP contribution in [0.3, 0.4) is 0 Å². The number of likely N-dealkylation sites (tertiary alicyclic amines) is 1. The molecule has 0 radical (unpaired) electrons. The van der Waals surface area contributed by atoms with Crippen molar-refractivity contribution in [2.45, 2.75) is 19.3 Å². The number of hydrogen-bond acceptors (Lipinski definition) is 3. The molecule has 102 valence electrons. The van der Waals surface area contributed by atoms with Gasteiger partial charge in [0.25, 0.3) is 0 Å². The molecule has 1 aliphatic heterocycles. The maximum Gasteiger partial charge on any atom is 0.226 e. The van der Waals surface area contributed by atoms with Crippen LogP contribution >= 0.6 is 11.6 Å². The van der Waals surface area contributed by atoms with Crippen LogP contribution in [0.15, 0.2) is 18.2 Å². The second-order valence-corrected chi connectivity index (χ2v) is 4.93. The first-order chi connectivity index (χ1) is 9.06. The predicted octanol–water partition coefficient (Wildman–Crippen LogP) is 1.87. The quantitative estimate of drug-likeness (QED) is 0.827. The lowest BCUT2D eigenvalue weighted by Crippen LogP contribution is -2.28. The summed E-state index contributed by atoms with van der Waals surface area (Å²) in [4.78, 5) is 24.9.